The second kappa shape index (κ2) is 9.71. The summed E-state index contributed by atoms with van der Waals surface area (Å²) >= 11 is 0. The molecule has 7 heteroatoms. The minimum absolute atomic E-state index is 0.0457. The molecule has 1 aliphatic heterocycles. The average molecular weight is 388 g/mol. The third kappa shape index (κ3) is 5.11. The van der Waals surface area contributed by atoms with Gasteiger partial charge in [0.05, 0.1) is 20.3 Å². The predicted octanol–water partition coefficient (Wildman–Crippen LogP) is 1.88. The molecule has 1 amide bonds. The summed E-state index contributed by atoms with van der Waals surface area (Å²) in [6.45, 7) is 6.97. The Kier molecular flexibility index (Phi) is 7.06. The number of benzene rings is 1. The minimum Gasteiger partial charge on any atom is -0.497 e. The monoisotopic (exact) mass is 388 g/mol. The van der Waals surface area contributed by atoms with Gasteiger partial charge >= 0.3 is 5.63 Å². The summed E-state index contributed by atoms with van der Waals surface area (Å²) < 4.78 is 15.9. The van der Waals surface area contributed by atoms with Crippen LogP contribution in [0.25, 0.3) is 11.0 Å². The van der Waals surface area contributed by atoms with Crippen LogP contribution in [-0.2, 0) is 16.0 Å². The molecule has 152 valence electrons. The lowest BCUT2D eigenvalue weighted by Gasteiger charge is -2.26. The van der Waals surface area contributed by atoms with Crippen LogP contribution < -0.4 is 15.7 Å². The van der Waals surface area contributed by atoms with Gasteiger partial charge in [0, 0.05) is 43.1 Å². The maximum absolute atomic E-state index is 12.3. The van der Waals surface area contributed by atoms with Crippen LogP contribution in [0.3, 0.4) is 0 Å². The van der Waals surface area contributed by atoms with E-state index in [2.05, 4.69) is 10.2 Å². The molecule has 1 aliphatic rings. The molecule has 0 atom stereocenters. The van der Waals surface area contributed by atoms with Gasteiger partial charge in [-0.2, -0.15) is 0 Å². The normalized spacial score (nSPS) is 14.9. The molecular weight excluding hydrogens is 360 g/mol. The molecule has 2 aromatic rings. The van der Waals surface area contributed by atoms with Gasteiger partial charge in [0.25, 0.3) is 0 Å². The first-order valence-corrected chi connectivity index (χ1v) is 9.75. The van der Waals surface area contributed by atoms with Gasteiger partial charge in [0.15, 0.2) is 0 Å². The van der Waals surface area contributed by atoms with Crippen LogP contribution in [-0.4, -0.2) is 57.3 Å². The minimum atomic E-state index is -0.390. The number of morpholine rings is 1. The Bertz CT molecular complexity index is 871. The molecule has 0 aliphatic carbocycles. The molecule has 0 saturated carbocycles. The fourth-order valence-corrected chi connectivity index (χ4v) is 3.47. The van der Waals surface area contributed by atoms with Crippen molar-refractivity contribution in [1.82, 2.24) is 10.2 Å². The Morgan fingerprint density at radius 1 is 1.29 bits per heavy atom. The fraction of sp³-hybridized carbons (Fsp3) is 0.524. The van der Waals surface area contributed by atoms with E-state index in [9.17, 15) is 9.59 Å². The van der Waals surface area contributed by atoms with Gasteiger partial charge in [0.2, 0.25) is 5.91 Å². The number of fused-ring (bicyclic) bond motifs is 1. The highest BCUT2D eigenvalue weighted by molar-refractivity contribution is 5.82. The molecule has 0 spiro atoms. The first-order chi connectivity index (χ1) is 13.6. The number of nitrogens with one attached hydrogen (secondary N) is 1. The van der Waals surface area contributed by atoms with E-state index in [4.69, 9.17) is 13.9 Å². The van der Waals surface area contributed by atoms with Gasteiger partial charge in [-0.25, -0.2) is 4.79 Å². The van der Waals surface area contributed by atoms with E-state index in [1.807, 2.05) is 19.1 Å². The van der Waals surface area contributed by atoms with Crippen molar-refractivity contribution in [3.63, 3.8) is 0 Å². The lowest BCUT2D eigenvalue weighted by Crippen LogP contribution is -2.38. The predicted molar refractivity (Wildman–Crippen MR) is 107 cm³/mol. The third-order valence-electron chi connectivity index (χ3n) is 5.17. The van der Waals surface area contributed by atoms with E-state index in [-0.39, 0.29) is 12.3 Å². The van der Waals surface area contributed by atoms with E-state index >= 15 is 0 Å². The van der Waals surface area contributed by atoms with Gasteiger partial charge in [-0.15, -0.1) is 0 Å². The maximum atomic E-state index is 12.3. The zero-order valence-corrected chi connectivity index (χ0v) is 16.6. The first kappa shape index (κ1) is 20.4. The summed E-state index contributed by atoms with van der Waals surface area (Å²) in [5.41, 5.74) is 1.52. The molecule has 0 bridgehead atoms. The van der Waals surface area contributed by atoms with E-state index < -0.39 is 5.63 Å². The molecule has 1 saturated heterocycles. The summed E-state index contributed by atoms with van der Waals surface area (Å²) in [5.74, 6) is 0.592. The summed E-state index contributed by atoms with van der Waals surface area (Å²) in [6.07, 6.45) is 1.54. The highest BCUT2D eigenvalue weighted by Gasteiger charge is 2.14. The van der Waals surface area contributed by atoms with Crippen LogP contribution in [0.2, 0.25) is 0 Å². The molecular formula is C21H28N2O5. The second-order valence-electron chi connectivity index (χ2n) is 7.01. The molecule has 1 fully saturated rings. The van der Waals surface area contributed by atoms with E-state index in [0.29, 0.717) is 29.9 Å². The molecule has 3 rings (SSSR count). The number of carbonyl (C=O) groups is 1. The number of rotatable bonds is 8. The molecule has 1 N–H and O–H groups in total. The molecule has 2 heterocycles. The van der Waals surface area contributed by atoms with Gasteiger partial charge < -0.3 is 19.2 Å². The van der Waals surface area contributed by atoms with Crippen LogP contribution in [0.5, 0.6) is 5.75 Å². The Hall–Kier alpha value is -2.38. The molecule has 0 unspecified atom stereocenters. The van der Waals surface area contributed by atoms with Crippen molar-refractivity contribution in [2.75, 3.05) is 46.5 Å². The van der Waals surface area contributed by atoms with Crippen LogP contribution in [0.4, 0.5) is 0 Å². The van der Waals surface area contributed by atoms with Gasteiger partial charge in [-0.3, -0.25) is 9.69 Å². The number of aryl methyl sites for hydroxylation is 1. The fourth-order valence-electron chi connectivity index (χ4n) is 3.47. The number of methoxy groups -OCH3 is 1. The summed E-state index contributed by atoms with van der Waals surface area (Å²) in [4.78, 5) is 26.8. The second-order valence-corrected chi connectivity index (χ2v) is 7.01. The van der Waals surface area contributed by atoms with Crippen LogP contribution >= 0.6 is 0 Å². The standard InChI is InChI=1S/C21H28N2O5/c1-15-17-5-4-16(26-2)14-19(17)28-21(25)18(15)6-7-20(24)22-8-3-9-23-10-12-27-13-11-23/h4-5,14H,3,6-13H2,1-2H3,(H,22,24). The van der Waals surface area contributed by atoms with Crippen LogP contribution in [0, 0.1) is 6.92 Å². The lowest BCUT2D eigenvalue weighted by atomic mass is 10.0. The number of nitrogens with zero attached hydrogens (tertiary/aromatic N) is 1. The molecule has 0 radical (unpaired) electrons. The molecule has 1 aromatic carbocycles. The number of carbonyl (C=O) groups excluding carboxylic acids is 1. The van der Waals surface area contributed by atoms with E-state index in [1.54, 1.807) is 13.2 Å². The topological polar surface area (TPSA) is 81.0 Å². The smallest absolute Gasteiger partial charge is 0.339 e. The summed E-state index contributed by atoms with van der Waals surface area (Å²) in [6, 6.07) is 5.41. The van der Waals surface area contributed by atoms with Crippen molar-refractivity contribution in [2.24, 2.45) is 0 Å². The van der Waals surface area contributed by atoms with Crippen molar-refractivity contribution in [3.05, 3.63) is 39.7 Å². The van der Waals surface area contributed by atoms with Gasteiger partial charge in [-0.1, -0.05) is 0 Å². The summed E-state index contributed by atoms with van der Waals surface area (Å²) in [7, 11) is 1.57. The Morgan fingerprint density at radius 3 is 2.82 bits per heavy atom. The van der Waals surface area contributed by atoms with Gasteiger partial charge in [0.1, 0.15) is 11.3 Å². The largest absolute Gasteiger partial charge is 0.497 e. The number of ether oxygens (including phenoxy) is 2. The van der Waals surface area contributed by atoms with Crippen molar-refractivity contribution >= 4 is 16.9 Å². The van der Waals surface area contributed by atoms with Crippen molar-refractivity contribution in [3.8, 4) is 5.75 Å². The number of amides is 1. The first-order valence-electron chi connectivity index (χ1n) is 9.75. The van der Waals surface area contributed by atoms with Crippen molar-refractivity contribution in [1.29, 1.82) is 0 Å². The Morgan fingerprint density at radius 2 is 2.07 bits per heavy atom. The zero-order valence-electron chi connectivity index (χ0n) is 16.6. The zero-order chi connectivity index (χ0) is 19.9. The molecule has 1 aromatic heterocycles. The maximum Gasteiger partial charge on any atom is 0.339 e. The van der Waals surface area contributed by atoms with E-state index in [0.717, 1.165) is 50.2 Å². The van der Waals surface area contributed by atoms with Crippen molar-refractivity contribution in [2.45, 2.75) is 26.2 Å². The van der Waals surface area contributed by atoms with Crippen LogP contribution in [0.1, 0.15) is 24.0 Å². The quantitative estimate of drug-likeness (QED) is 0.549. The Labute approximate surface area is 164 Å². The number of hydrogen-bond donors (Lipinski definition) is 1. The number of hydrogen-bond acceptors (Lipinski definition) is 6. The molecule has 7 nitrogen and oxygen atoms in total. The van der Waals surface area contributed by atoms with E-state index in [1.165, 1.54) is 0 Å². The SMILES string of the molecule is COc1ccc2c(C)c(CCC(=O)NCCCN3CCOCC3)c(=O)oc2c1. The third-order valence-corrected chi connectivity index (χ3v) is 5.17. The highest BCUT2D eigenvalue weighted by atomic mass is 16.5. The molecule has 28 heavy (non-hydrogen) atoms. The summed E-state index contributed by atoms with van der Waals surface area (Å²) in [5, 5.41) is 3.80. The van der Waals surface area contributed by atoms with Gasteiger partial charge in [-0.05, 0) is 44.0 Å². The lowest BCUT2D eigenvalue weighted by molar-refractivity contribution is -0.121. The highest BCUT2D eigenvalue weighted by Crippen LogP contribution is 2.24. The van der Waals surface area contributed by atoms with Crippen molar-refractivity contribution < 1.29 is 18.7 Å². The average Bonchev–Trinajstić information content (AvgIpc) is 2.71. The van der Waals surface area contributed by atoms with Crippen LogP contribution in [0.15, 0.2) is 27.4 Å². The Balaban J connectivity index is 1.51.